The summed E-state index contributed by atoms with van der Waals surface area (Å²) in [5.74, 6) is 0.253. The van der Waals surface area contributed by atoms with Gasteiger partial charge in [0.25, 0.3) is 5.91 Å². The van der Waals surface area contributed by atoms with Crippen molar-refractivity contribution < 1.29 is 27.5 Å². The summed E-state index contributed by atoms with van der Waals surface area (Å²) in [7, 11) is -2.18. The fraction of sp³-hybridized carbons (Fsp3) is 0.333. The number of amides is 1. The standard InChI is InChI=1S/C21H26N2O6S/c1-5-23(6-2)30(26,27)20-12-17(8-7-15(20)3)22-21(25)14-29-19-10-9-18(28-4)11-16(19)13-24/h7-13H,5-6,14H2,1-4H3,(H,22,25). The van der Waals surface area contributed by atoms with Crippen molar-refractivity contribution in [3.05, 3.63) is 47.5 Å². The predicted molar refractivity (Wildman–Crippen MR) is 114 cm³/mol. The molecule has 2 rings (SSSR count). The quantitative estimate of drug-likeness (QED) is 0.577. The summed E-state index contributed by atoms with van der Waals surface area (Å²) in [6, 6.07) is 9.36. The molecule has 1 N–H and O–H groups in total. The maximum Gasteiger partial charge on any atom is 0.262 e. The van der Waals surface area contributed by atoms with E-state index >= 15 is 0 Å². The molecule has 0 radical (unpaired) electrons. The Hall–Kier alpha value is -2.91. The molecular weight excluding hydrogens is 408 g/mol. The number of sulfonamides is 1. The molecule has 0 aliphatic heterocycles. The highest BCUT2D eigenvalue weighted by molar-refractivity contribution is 7.89. The van der Waals surface area contributed by atoms with E-state index < -0.39 is 15.9 Å². The molecule has 0 saturated heterocycles. The largest absolute Gasteiger partial charge is 0.497 e. The number of nitrogens with zero attached hydrogens (tertiary/aromatic N) is 1. The van der Waals surface area contributed by atoms with Crippen LogP contribution in [-0.2, 0) is 14.8 Å². The maximum absolute atomic E-state index is 12.8. The average Bonchev–Trinajstić information content (AvgIpc) is 2.74. The van der Waals surface area contributed by atoms with Crippen molar-refractivity contribution in [1.29, 1.82) is 0 Å². The van der Waals surface area contributed by atoms with Crippen LogP contribution < -0.4 is 14.8 Å². The third-order valence-electron chi connectivity index (χ3n) is 4.50. The number of anilines is 1. The van der Waals surface area contributed by atoms with Gasteiger partial charge in [0.1, 0.15) is 11.5 Å². The van der Waals surface area contributed by atoms with Gasteiger partial charge in [0.2, 0.25) is 10.0 Å². The number of carbonyl (C=O) groups is 2. The van der Waals surface area contributed by atoms with E-state index in [4.69, 9.17) is 9.47 Å². The number of ether oxygens (including phenoxy) is 2. The molecule has 162 valence electrons. The summed E-state index contributed by atoms with van der Waals surface area (Å²) >= 11 is 0. The van der Waals surface area contributed by atoms with Crippen LogP contribution in [0.4, 0.5) is 5.69 Å². The van der Waals surface area contributed by atoms with E-state index in [2.05, 4.69) is 5.32 Å². The molecule has 0 unspecified atom stereocenters. The second kappa shape index (κ2) is 10.2. The summed E-state index contributed by atoms with van der Waals surface area (Å²) in [4.78, 5) is 23.6. The van der Waals surface area contributed by atoms with Crippen molar-refractivity contribution in [2.75, 3.05) is 32.1 Å². The SMILES string of the molecule is CCN(CC)S(=O)(=O)c1cc(NC(=O)COc2ccc(OC)cc2C=O)ccc1C. The average molecular weight is 435 g/mol. The first-order valence-corrected chi connectivity index (χ1v) is 10.9. The van der Waals surface area contributed by atoms with Crippen molar-refractivity contribution >= 4 is 27.9 Å². The topological polar surface area (TPSA) is 102 Å². The molecule has 2 aromatic carbocycles. The van der Waals surface area contributed by atoms with Gasteiger partial charge < -0.3 is 14.8 Å². The van der Waals surface area contributed by atoms with Crippen LogP contribution in [0.2, 0.25) is 0 Å². The zero-order valence-electron chi connectivity index (χ0n) is 17.5. The zero-order chi connectivity index (χ0) is 22.3. The lowest BCUT2D eigenvalue weighted by atomic mass is 10.2. The summed E-state index contributed by atoms with van der Waals surface area (Å²) < 4.78 is 37.5. The van der Waals surface area contributed by atoms with Gasteiger partial charge in [0.15, 0.2) is 12.9 Å². The van der Waals surface area contributed by atoms with Gasteiger partial charge in [-0.3, -0.25) is 9.59 Å². The third-order valence-corrected chi connectivity index (χ3v) is 6.69. The van der Waals surface area contributed by atoms with Crippen LogP contribution in [-0.4, -0.2) is 51.7 Å². The van der Waals surface area contributed by atoms with Crippen LogP contribution in [0.25, 0.3) is 0 Å². The van der Waals surface area contributed by atoms with Crippen LogP contribution in [0.3, 0.4) is 0 Å². The Morgan fingerprint density at radius 1 is 1.13 bits per heavy atom. The van der Waals surface area contributed by atoms with Crippen molar-refractivity contribution in [3.8, 4) is 11.5 Å². The van der Waals surface area contributed by atoms with Gasteiger partial charge in [-0.05, 0) is 42.8 Å². The lowest BCUT2D eigenvalue weighted by molar-refractivity contribution is -0.118. The van der Waals surface area contributed by atoms with E-state index in [9.17, 15) is 18.0 Å². The Balaban J connectivity index is 2.14. The molecule has 0 heterocycles. The summed E-state index contributed by atoms with van der Waals surface area (Å²) in [5.41, 5.74) is 1.18. The minimum atomic E-state index is -3.66. The second-order valence-corrected chi connectivity index (χ2v) is 8.33. The van der Waals surface area contributed by atoms with E-state index in [1.807, 2.05) is 0 Å². The van der Waals surface area contributed by atoms with Gasteiger partial charge in [-0.25, -0.2) is 8.42 Å². The number of aldehydes is 1. The Bertz CT molecular complexity index is 1020. The monoisotopic (exact) mass is 434 g/mol. The molecule has 0 bridgehead atoms. The molecule has 0 atom stereocenters. The summed E-state index contributed by atoms with van der Waals surface area (Å²) in [5, 5.41) is 2.63. The molecule has 0 aliphatic rings. The Labute approximate surface area is 176 Å². The number of carbonyl (C=O) groups excluding carboxylic acids is 2. The fourth-order valence-corrected chi connectivity index (χ4v) is 4.58. The van der Waals surface area contributed by atoms with Gasteiger partial charge in [-0.15, -0.1) is 0 Å². The Morgan fingerprint density at radius 2 is 1.83 bits per heavy atom. The smallest absolute Gasteiger partial charge is 0.262 e. The van der Waals surface area contributed by atoms with Gasteiger partial charge in [-0.2, -0.15) is 4.31 Å². The van der Waals surface area contributed by atoms with Crippen molar-refractivity contribution in [2.24, 2.45) is 0 Å². The molecular formula is C21H26N2O6S. The van der Waals surface area contributed by atoms with E-state index in [1.54, 1.807) is 39.0 Å². The summed E-state index contributed by atoms with van der Waals surface area (Å²) in [6.07, 6.45) is 0.611. The number of hydrogen-bond donors (Lipinski definition) is 1. The van der Waals surface area contributed by atoms with Crippen molar-refractivity contribution in [2.45, 2.75) is 25.7 Å². The van der Waals surface area contributed by atoms with Gasteiger partial charge in [0.05, 0.1) is 17.6 Å². The van der Waals surface area contributed by atoms with Crippen LogP contribution >= 0.6 is 0 Å². The molecule has 0 aliphatic carbocycles. The molecule has 0 spiro atoms. The molecule has 2 aromatic rings. The van der Waals surface area contributed by atoms with E-state index in [0.717, 1.165) is 0 Å². The minimum absolute atomic E-state index is 0.142. The van der Waals surface area contributed by atoms with E-state index in [1.165, 1.54) is 29.6 Å². The van der Waals surface area contributed by atoms with Crippen LogP contribution in [0, 0.1) is 6.92 Å². The normalized spacial score (nSPS) is 11.2. The van der Waals surface area contributed by atoms with Crippen molar-refractivity contribution in [1.82, 2.24) is 4.31 Å². The Kier molecular flexibility index (Phi) is 7.96. The third kappa shape index (κ3) is 5.37. The van der Waals surface area contributed by atoms with Crippen LogP contribution in [0.1, 0.15) is 29.8 Å². The van der Waals surface area contributed by atoms with Crippen LogP contribution in [0.15, 0.2) is 41.3 Å². The van der Waals surface area contributed by atoms with E-state index in [-0.39, 0.29) is 22.8 Å². The number of rotatable bonds is 10. The first-order valence-electron chi connectivity index (χ1n) is 9.43. The first kappa shape index (κ1) is 23.4. The van der Waals surface area contributed by atoms with Gasteiger partial charge in [0, 0.05) is 18.8 Å². The Morgan fingerprint density at radius 3 is 2.43 bits per heavy atom. The highest BCUT2D eigenvalue weighted by atomic mass is 32.2. The molecule has 1 amide bonds. The maximum atomic E-state index is 12.8. The van der Waals surface area contributed by atoms with Gasteiger partial charge in [-0.1, -0.05) is 19.9 Å². The van der Waals surface area contributed by atoms with E-state index in [0.29, 0.717) is 36.4 Å². The number of benzene rings is 2. The number of methoxy groups -OCH3 is 1. The number of aryl methyl sites for hydroxylation is 1. The fourth-order valence-electron chi connectivity index (χ4n) is 2.88. The minimum Gasteiger partial charge on any atom is -0.497 e. The zero-order valence-corrected chi connectivity index (χ0v) is 18.3. The number of nitrogens with one attached hydrogen (secondary N) is 1. The molecule has 0 saturated carbocycles. The molecule has 0 fully saturated rings. The highest BCUT2D eigenvalue weighted by Crippen LogP contribution is 2.24. The highest BCUT2D eigenvalue weighted by Gasteiger charge is 2.24. The van der Waals surface area contributed by atoms with Crippen LogP contribution in [0.5, 0.6) is 11.5 Å². The summed E-state index contributed by atoms with van der Waals surface area (Å²) in [6.45, 7) is 5.60. The first-order chi connectivity index (χ1) is 14.3. The lowest BCUT2D eigenvalue weighted by Crippen LogP contribution is -2.31. The van der Waals surface area contributed by atoms with Crippen molar-refractivity contribution in [3.63, 3.8) is 0 Å². The molecule has 0 aromatic heterocycles. The molecule has 9 heteroatoms. The lowest BCUT2D eigenvalue weighted by Gasteiger charge is -2.20. The number of hydrogen-bond acceptors (Lipinski definition) is 6. The molecule has 30 heavy (non-hydrogen) atoms. The second-order valence-electron chi connectivity index (χ2n) is 6.43. The predicted octanol–water partition coefficient (Wildman–Crippen LogP) is 2.86. The molecule has 8 nitrogen and oxygen atoms in total. The van der Waals surface area contributed by atoms with Gasteiger partial charge >= 0.3 is 0 Å².